The van der Waals surface area contributed by atoms with Gasteiger partial charge >= 0.3 is 0 Å². The van der Waals surface area contributed by atoms with E-state index in [1.807, 2.05) is 37.3 Å². The molecule has 0 saturated carbocycles. The van der Waals surface area contributed by atoms with Crippen molar-refractivity contribution in [2.75, 3.05) is 14.2 Å². The third-order valence-corrected chi connectivity index (χ3v) is 5.35. The highest BCUT2D eigenvalue weighted by Crippen LogP contribution is 2.43. The van der Waals surface area contributed by atoms with Crippen LogP contribution < -0.4 is 5.09 Å². The zero-order chi connectivity index (χ0) is 12.9. The molecular formula is C11H18NO3PS. The van der Waals surface area contributed by atoms with Gasteiger partial charge in [0.05, 0.1) is 6.10 Å². The van der Waals surface area contributed by atoms with Crippen LogP contribution >= 0.6 is 6.64 Å². The summed E-state index contributed by atoms with van der Waals surface area (Å²) in [6, 6.07) is 9.16. The van der Waals surface area contributed by atoms with Crippen LogP contribution in [0.4, 0.5) is 0 Å². The van der Waals surface area contributed by atoms with Gasteiger partial charge in [0.25, 0.3) is 6.64 Å². The molecule has 0 aliphatic rings. The lowest BCUT2D eigenvalue weighted by molar-refractivity contribution is 0.142. The lowest BCUT2D eigenvalue weighted by atomic mass is 10.0. The maximum Gasteiger partial charge on any atom is 0.261 e. The van der Waals surface area contributed by atoms with Gasteiger partial charge in [-0.1, -0.05) is 30.3 Å². The zero-order valence-corrected chi connectivity index (χ0v) is 11.9. The van der Waals surface area contributed by atoms with Crippen molar-refractivity contribution in [2.24, 2.45) is 0 Å². The normalized spacial score (nSPS) is 15.5. The molecule has 0 amide bonds. The molecule has 0 bridgehead atoms. The lowest BCUT2D eigenvalue weighted by Gasteiger charge is -2.26. The summed E-state index contributed by atoms with van der Waals surface area (Å²) in [4.78, 5) is 0. The SMILES string of the molecule is COP(=S)(N[C@H](C)[C@@H](O)c1ccccc1)OC. The third-order valence-electron chi connectivity index (χ3n) is 2.46. The van der Waals surface area contributed by atoms with Crippen molar-refractivity contribution in [3.05, 3.63) is 35.9 Å². The van der Waals surface area contributed by atoms with Crippen molar-refractivity contribution >= 4 is 18.4 Å². The molecule has 2 N–H and O–H groups in total. The summed E-state index contributed by atoms with van der Waals surface area (Å²) in [6.07, 6.45) is -0.649. The maximum atomic E-state index is 10.1. The molecule has 0 aromatic heterocycles. The van der Waals surface area contributed by atoms with Crippen molar-refractivity contribution in [3.8, 4) is 0 Å². The Hall–Kier alpha value is -0.290. The van der Waals surface area contributed by atoms with E-state index in [9.17, 15) is 5.11 Å². The van der Waals surface area contributed by atoms with Crippen LogP contribution in [0.2, 0.25) is 0 Å². The van der Waals surface area contributed by atoms with Gasteiger partial charge in [-0.25, -0.2) is 5.09 Å². The molecule has 0 heterocycles. The Morgan fingerprint density at radius 2 is 1.76 bits per heavy atom. The van der Waals surface area contributed by atoms with E-state index >= 15 is 0 Å². The summed E-state index contributed by atoms with van der Waals surface area (Å²) in [5, 5.41) is 13.2. The highest BCUT2D eigenvalue weighted by molar-refractivity contribution is 8.08. The van der Waals surface area contributed by atoms with Crippen LogP contribution in [0.15, 0.2) is 30.3 Å². The van der Waals surface area contributed by atoms with Crippen LogP contribution in [0.5, 0.6) is 0 Å². The van der Waals surface area contributed by atoms with Crippen LogP contribution in [0, 0.1) is 0 Å². The Labute approximate surface area is 107 Å². The van der Waals surface area contributed by atoms with Gasteiger partial charge < -0.3 is 14.2 Å². The van der Waals surface area contributed by atoms with Gasteiger partial charge in [0.1, 0.15) is 0 Å². The van der Waals surface area contributed by atoms with E-state index in [-0.39, 0.29) is 6.04 Å². The first-order valence-corrected chi connectivity index (χ1v) is 7.88. The Morgan fingerprint density at radius 1 is 1.24 bits per heavy atom. The number of benzene rings is 1. The van der Waals surface area contributed by atoms with Crippen molar-refractivity contribution in [3.63, 3.8) is 0 Å². The Morgan fingerprint density at radius 3 is 2.24 bits per heavy atom. The van der Waals surface area contributed by atoms with Gasteiger partial charge in [0.2, 0.25) is 0 Å². The molecule has 0 radical (unpaired) electrons. The van der Waals surface area contributed by atoms with Crippen LogP contribution in [0.3, 0.4) is 0 Å². The lowest BCUT2D eigenvalue weighted by Crippen LogP contribution is -2.30. The minimum Gasteiger partial charge on any atom is -0.387 e. The van der Waals surface area contributed by atoms with E-state index in [0.717, 1.165) is 5.56 Å². The quantitative estimate of drug-likeness (QED) is 0.780. The maximum absolute atomic E-state index is 10.1. The molecular weight excluding hydrogens is 257 g/mol. The van der Waals surface area contributed by atoms with Gasteiger partial charge in [-0.05, 0) is 24.3 Å². The zero-order valence-electron chi connectivity index (χ0n) is 10.2. The predicted octanol–water partition coefficient (Wildman–Crippen LogP) is 2.22. The van der Waals surface area contributed by atoms with Gasteiger partial charge in [-0.3, -0.25) is 0 Å². The standard InChI is InChI=1S/C11H18NO3PS/c1-9(12-16(17,14-2)15-3)11(13)10-7-5-4-6-8-10/h4-9,11,13H,1-3H3,(H,12,17)/t9-,11-/m1/s1. The topological polar surface area (TPSA) is 50.7 Å². The Bertz CT molecular complexity index is 380. The largest absolute Gasteiger partial charge is 0.387 e. The molecule has 1 aromatic rings. The summed E-state index contributed by atoms with van der Waals surface area (Å²) < 4.78 is 10.3. The van der Waals surface area contributed by atoms with E-state index in [1.54, 1.807) is 0 Å². The first-order chi connectivity index (χ1) is 8.02. The average molecular weight is 275 g/mol. The van der Waals surface area contributed by atoms with Crippen LogP contribution in [0.1, 0.15) is 18.6 Å². The fraction of sp³-hybridized carbons (Fsp3) is 0.455. The molecule has 6 heteroatoms. The van der Waals surface area contributed by atoms with Crippen molar-refractivity contribution in [1.29, 1.82) is 0 Å². The number of hydrogen-bond acceptors (Lipinski definition) is 4. The van der Waals surface area contributed by atoms with E-state index < -0.39 is 12.7 Å². The molecule has 1 rings (SSSR count). The Balaban J connectivity index is 2.71. The molecule has 0 saturated heterocycles. The third kappa shape index (κ3) is 4.14. The van der Waals surface area contributed by atoms with E-state index in [2.05, 4.69) is 5.09 Å². The van der Waals surface area contributed by atoms with Gasteiger partial charge in [0.15, 0.2) is 0 Å². The fourth-order valence-corrected chi connectivity index (χ4v) is 2.94. The highest BCUT2D eigenvalue weighted by atomic mass is 32.5. The van der Waals surface area contributed by atoms with E-state index in [4.69, 9.17) is 20.9 Å². The van der Waals surface area contributed by atoms with Crippen molar-refractivity contribution in [2.45, 2.75) is 19.1 Å². The predicted molar refractivity (Wildman–Crippen MR) is 72.3 cm³/mol. The van der Waals surface area contributed by atoms with Crippen LogP contribution in [-0.4, -0.2) is 25.4 Å². The van der Waals surface area contributed by atoms with Gasteiger partial charge in [0, 0.05) is 20.3 Å². The van der Waals surface area contributed by atoms with Crippen LogP contribution in [0.25, 0.3) is 0 Å². The van der Waals surface area contributed by atoms with E-state index in [0.29, 0.717) is 0 Å². The molecule has 0 aliphatic carbocycles. The fourth-order valence-electron chi connectivity index (χ4n) is 1.44. The smallest absolute Gasteiger partial charge is 0.261 e. The molecule has 0 aliphatic heterocycles. The number of hydrogen-bond donors (Lipinski definition) is 2. The average Bonchev–Trinajstić information content (AvgIpc) is 2.38. The van der Waals surface area contributed by atoms with Crippen LogP contribution in [-0.2, 0) is 20.9 Å². The second kappa shape index (κ2) is 6.59. The first-order valence-electron chi connectivity index (χ1n) is 5.24. The second-order valence-electron chi connectivity index (χ2n) is 3.64. The molecule has 0 fully saturated rings. The number of rotatable bonds is 6. The molecule has 17 heavy (non-hydrogen) atoms. The number of nitrogens with one attached hydrogen (secondary N) is 1. The number of aliphatic hydroxyl groups is 1. The number of aliphatic hydroxyl groups excluding tert-OH is 1. The first kappa shape index (κ1) is 14.8. The summed E-state index contributed by atoms with van der Waals surface area (Å²) in [5.41, 5.74) is 0.834. The molecule has 2 atom stereocenters. The van der Waals surface area contributed by atoms with E-state index in [1.165, 1.54) is 14.2 Å². The van der Waals surface area contributed by atoms with Crippen molar-refractivity contribution < 1.29 is 14.2 Å². The molecule has 96 valence electrons. The summed E-state index contributed by atoms with van der Waals surface area (Å²) >= 11 is 5.19. The molecule has 1 aromatic carbocycles. The Kier molecular flexibility index (Phi) is 5.73. The summed E-state index contributed by atoms with van der Waals surface area (Å²) in [6.45, 7) is -0.644. The summed E-state index contributed by atoms with van der Waals surface area (Å²) in [7, 11) is 3.00. The van der Waals surface area contributed by atoms with Gasteiger partial charge in [-0.2, -0.15) is 0 Å². The highest BCUT2D eigenvalue weighted by Gasteiger charge is 2.24. The molecule has 0 spiro atoms. The van der Waals surface area contributed by atoms with Crippen molar-refractivity contribution in [1.82, 2.24) is 5.09 Å². The molecule has 4 nitrogen and oxygen atoms in total. The van der Waals surface area contributed by atoms with Gasteiger partial charge in [-0.15, -0.1) is 0 Å². The summed E-state index contributed by atoms with van der Waals surface area (Å²) in [5.74, 6) is 0. The molecule has 0 unspecified atom stereocenters. The monoisotopic (exact) mass is 275 g/mol. The minimum absolute atomic E-state index is 0.247. The minimum atomic E-state index is -2.49. The second-order valence-corrected chi connectivity index (χ2v) is 7.06.